The zero-order valence-electron chi connectivity index (χ0n) is 15.8. The molecule has 144 valence electrons. The molecule has 0 saturated carbocycles. The number of halogens is 1. The summed E-state index contributed by atoms with van der Waals surface area (Å²) < 4.78 is 6.32. The van der Waals surface area contributed by atoms with Gasteiger partial charge in [-0.3, -0.25) is 9.59 Å². The molecule has 6 nitrogen and oxygen atoms in total. The fourth-order valence-corrected chi connectivity index (χ4v) is 2.83. The van der Waals surface area contributed by atoms with Gasteiger partial charge in [0, 0.05) is 22.3 Å². The topological polar surface area (TPSA) is 73.2 Å². The van der Waals surface area contributed by atoms with Crippen LogP contribution in [0.2, 0.25) is 5.02 Å². The third-order valence-corrected chi connectivity index (χ3v) is 4.80. The quantitative estimate of drug-likeness (QED) is 0.704. The third kappa shape index (κ3) is 4.23. The van der Waals surface area contributed by atoms with Crippen LogP contribution in [0.15, 0.2) is 59.4 Å². The third-order valence-electron chi connectivity index (χ3n) is 4.40. The molecule has 0 fully saturated rings. The number of nitrogens with one attached hydrogen (secondary N) is 1. The van der Waals surface area contributed by atoms with E-state index in [9.17, 15) is 9.59 Å². The minimum Gasteiger partial charge on any atom is -0.497 e. The smallest absolute Gasteiger partial charge is 0.267 e. The molecule has 1 atom stereocenters. The minimum atomic E-state index is -0.800. The first-order chi connectivity index (χ1) is 13.4. The molecule has 0 spiro atoms. The van der Waals surface area contributed by atoms with Crippen LogP contribution in [0, 0.1) is 6.92 Å². The van der Waals surface area contributed by atoms with Crippen molar-refractivity contribution in [1.82, 2.24) is 9.78 Å². The van der Waals surface area contributed by atoms with E-state index in [4.69, 9.17) is 16.3 Å². The molecule has 0 aliphatic heterocycles. The van der Waals surface area contributed by atoms with Gasteiger partial charge in [-0.1, -0.05) is 17.7 Å². The Balaban J connectivity index is 1.85. The van der Waals surface area contributed by atoms with Gasteiger partial charge >= 0.3 is 0 Å². The number of ether oxygens (including phenoxy) is 1. The van der Waals surface area contributed by atoms with E-state index < -0.39 is 6.04 Å². The molecule has 0 saturated heterocycles. The lowest BCUT2D eigenvalue weighted by Gasteiger charge is -2.15. The van der Waals surface area contributed by atoms with E-state index in [1.807, 2.05) is 37.3 Å². The van der Waals surface area contributed by atoms with Crippen LogP contribution in [0.5, 0.6) is 5.75 Å². The molecule has 2 aromatic carbocycles. The number of carbonyl (C=O) groups is 1. The monoisotopic (exact) mass is 397 g/mol. The van der Waals surface area contributed by atoms with Gasteiger partial charge in [0.15, 0.2) is 0 Å². The molecule has 7 heteroatoms. The molecule has 1 heterocycles. The molecule has 1 amide bonds. The highest BCUT2D eigenvalue weighted by atomic mass is 35.5. The van der Waals surface area contributed by atoms with Crippen LogP contribution in [-0.2, 0) is 4.79 Å². The maximum Gasteiger partial charge on any atom is 0.267 e. The van der Waals surface area contributed by atoms with Crippen LogP contribution in [0.3, 0.4) is 0 Å². The second-order valence-corrected chi connectivity index (χ2v) is 6.77. The summed E-state index contributed by atoms with van der Waals surface area (Å²) >= 11 is 6.10. The van der Waals surface area contributed by atoms with Gasteiger partial charge in [0.1, 0.15) is 11.8 Å². The first kappa shape index (κ1) is 19.6. The highest BCUT2D eigenvalue weighted by Gasteiger charge is 2.18. The van der Waals surface area contributed by atoms with Crippen molar-refractivity contribution in [2.24, 2.45) is 0 Å². The molecule has 0 radical (unpaired) electrons. The predicted molar refractivity (Wildman–Crippen MR) is 110 cm³/mol. The Hall–Kier alpha value is -3.12. The molecule has 1 aromatic heterocycles. The zero-order valence-corrected chi connectivity index (χ0v) is 16.5. The van der Waals surface area contributed by atoms with E-state index in [1.54, 1.807) is 32.2 Å². The first-order valence-corrected chi connectivity index (χ1v) is 9.08. The lowest BCUT2D eigenvalue weighted by atomic mass is 10.1. The van der Waals surface area contributed by atoms with Crippen LogP contribution < -0.4 is 15.6 Å². The molecular weight excluding hydrogens is 378 g/mol. The Labute approximate surface area is 167 Å². The molecule has 0 aliphatic rings. The van der Waals surface area contributed by atoms with Gasteiger partial charge in [-0.2, -0.15) is 5.10 Å². The van der Waals surface area contributed by atoms with E-state index in [0.717, 1.165) is 16.9 Å². The van der Waals surface area contributed by atoms with Crippen molar-refractivity contribution in [3.8, 4) is 17.0 Å². The molecule has 1 N–H and O–H groups in total. The summed E-state index contributed by atoms with van der Waals surface area (Å²) in [4.78, 5) is 24.9. The number of carbonyl (C=O) groups excluding carboxylic acids is 1. The normalized spacial score (nSPS) is 11.7. The summed E-state index contributed by atoms with van der Waals surface area (Å²) in [5, 5.41) is 7.70. The number of anilines is 1. The van der Waals surface area contributed by atoms with E-state index >= 15 is 0 Å². The van der Waals surface area contributed by atoms with Crippen molar-refractivity contribution in [3.05, 3.63) is 75.5 Å². The Morgan fingerprint density at radius 1 is 1.14 bits per heavy atom. The summed E-state index contributed by atoms with van der Waals surface area (Å²) in [6.45, 7) is 3.50. The zero-order chi connectivity index (χ0) is 20.3. The summed E-state index contributed by atoms with van der Waals surface area (Å²) in [6.07, 6.45) is 0. The number of aromatic nitrogens is 2. The molecule has 0 bridgehead atoms. The van der Waals surface area contributed by atoms with Crippen molar-refractivity contribution < 1.29 is 9.53 Å². The Kier molecular flexibility index (Phi) is 5.80. The summed E-state index contributed by atoms with van der Waals surface area (Å²) in [5.74, 6) is 0.364. The number of hydrogen-bond donors (Lipinski definition) is 1. The average Bonchev–Trinajstić information content (AvgIpc) is 2.70. The molecule has 3 aromatic rings. The van der Waals surface area contributed by atoms with Gasteiger partial charge in [-0.15, -0.1) is 0 Å². The van der Waals surface area contributed by atoms with Gasteiger partial charge in [0.25, 0.3) is 5.56 Å². The number of benzene rings is 2. The van der Waals surface area contributed by atoms with Gasteiger partial charge in [0.05, 0.1) is 12.8 Å². The van der Waals surface area contributed by atoms with Crippen LogP contribution in [0.25, 0.3) is 11.3 Å². The van der Waals surface area contributed by atoms with Gasteiger partial charge in [-0.25, -0.2) is 4.68 Å². The van der Waals surface area contributed by atoms with Crippen molar-refractivity contribution in [2.45, 2.75) is 19.9 Å². The largest absolute Gasteiger partial charge is 0.497 e. The van der Waals surface area contributed by atoms with E-state index in [1.165, 1.54) is 10.7 Å². The summed E-state index contributed by atoms with van der Waals surface area (Å²) in [5.41, 5.74) is 2.51. The van der Waals surface area contributed by atoms with Crippen molar-refractivity contribution in [1.29, 1.82) is 0 Å². The Bertz CT molecular complexity index is 1060. The van der Waals surface area contributed by atoms with Crippen molar-refractivity contribution in [2.75, 3.05) is 12.4 Å². The summed E-state index contributed by atoms with van der Waals surface area (Å²) in [6, 6.07) is 14.8. The van der Waals surface area contributed by atoms with Crippen LogP contribution in [-0.4, -0.2) is 22.8 Å². The highest BCUT2D eigenvalue weighted by Crippen LogP contribution is 2.22. The number of amides is 1. The second-order valence-electron chi connectivity index (χ2n) is 6.36. The van der Waals surface area contributed by atoms with Crippen LogP contribution in [0.1, 0.15) is 18.5 Å². The van der Waals surface area contributed by atoms with Crippen molar-refractivity contribution >= 4 is 23.2 Å². The van der Waals surface area contributed by atoms with E-state index in [-0.39, 0.29) is 11.5 Å². The molecular formula is C21H20ClN3O3. The number of rotatable bonds is 5. The Morgan fingerprint density at radius 2 is 1.86 bits per heavy atom. The number of aryl methyl sites for hydroxylation is 1. The fraction of sp³-hybridized carbons (Fsp3) is 0.190. The van der Waals surface area contributed by atoms with E-state index in [2.05, 4.69) is 10.4 Å². The van der Waals surface area contributed by atoms with E-state index in [0.29, 0.717) is 16.4 Å². The molecule has 3 rings (SSSR count). The SMILES string of the molecule is COc1ccc(-c2ccc(=O)n(C(C)C(=O)Nc3ccc(C)c(Cl)c3)n2)cc1. The molecule has 0 aliphatic carbocycles. The number of nitrogens with zero attached hydrogens (tertiary/aromatic N) is 2. The molecule has 28 heavy (non-hydrogen) atoms. The van der Waals surface area contributed by atoms with Gasteiger partial charge in [-0.05, 0) is 61.9 Å². The van der Waals surface area contributed by atoms with Crippen LogP contribution in [0.4, 0.5) is 5.69 Å². The molecule has 1 unspecified atom stereocenters. The van der Waals surface area contributed by atoms with Crippen LogP contribution >= 0.6 is 11.6 Å². The first-order valence-electron chi connectivity index (χ1n) is 8.70. The maximum atomic E-state index is 12.6. The minimum absolute atomic E-state index is 0.359. The lowest BCUT2D eigenvalue weighted by Crippen LogP contribution is -2.33. The predicted octanol–water partition coefficient (Wildman–Crippen LogP) is 4.08. The van der Waals surface area contributed by atoms with Gasteiger partial charge < -0.3 is 10.1 Å². The lowest BCUT2D eigenvalue weighted by molar-refractivity contribution is -0.119. The maximum absolute atomic E-state index is 12.6. The fourth-order valence-electron chi connectivity index (χ4n) is 2.65. The second kappa shape index (κ2) is 8.27. The number of hydrogen-bond acceptors (Lipinski definition) is 4. The van der Waals surface area contributed by atoms with Crippen molar-refractivity contribution in [3.63, 3.8) is 0 Å². The summed E-state index contributed by atoms with van der Waals surface area (Å²) in [7, 11) is 1.59. The van der Waals surface area contributed by atoms with Gasteiger partial charge in [0.2, 0.25) is 5.91 Å². The average molecular weight is 398 g/mol. The standard InChI is InChI=1S/C21H20ClN3O3/c1-13-4-7-16(12-18(13)22)23-21(27)14(2)25-20(26)11-10-19(24-25)15-5-8-17(28-3)9-6-15/h4-12,14H,1-3H3,(H,23,27). The Morgan fingerprint density at radius 3 is 2.50 bits per heavy atom. The number of methoxy groups -OCH3 is 1. The highest BCUT2D eigenvalue weighted by molar-refractivity contribution is 6.31.